The molecule has 0 saturated heterocycles. The van der Waals surface area contributed by atoms with E-state index < -0.39 is 35.3 Å². The van der Waals surface area contributed by atoms with E-state index in [1.165, 1.54) is 35.6 Å². The Morgan fingerprint density at radius 2 is 1.73 bits per heavy atom. The first-order valence-corrected chi connectivity index (χ1v) is 14.0. The predicted octanol–water partition coefficient (Wildman–Crippen LogP) is 5.89. The Balaban J connectivity index is 1.25. The lowest BCUT2D eigenvalue weighted by molar-refractivity contribution is -0.274. The van der Waals surface area contributed by atoms with Gasteiger partial charge in [-0.1, -0.05) is 24.3 Å². The predicted molar refractivity (Wildman–Crippen MR) is 140 cm³/mol. The molecular formula is C29H28F3NO6S. The second-order valence-corrected chi connectivity index (χ2v) is 12.6. The van der Waals surface area contributed by atoms with Crippen molar-refractivity contribution in [3.63, 3.8) is 0 Å². The van der Waals surface area contributed by atoms with Crippen LogP contribution in [-0.4, -0.2) is 40.1 Å². The molecule has 2 aromatic carbocycles. The molecule has 4 aliphatic rings. The van der Waals surface area contributed by atoms with E-state index in [1.807, 2.05) is 12.1 Å². The number of amides is 1. The molecule has 3 N–H and O–H groups in total. The van der Waals surface area contributed by atoms with E-state index in [1.54, 1.807) is 12.1 Å². The summed E-state index contributed by atoms with van der Waals surface area (Å²) in [4.78, 5) is 26.5. The molecule has 4 fully saturated rings. The summed E-state index contributed by atoms with van der Waals surface area (Å²) in [7, 11) is 0. The molecule has 40 heavy (non-hydrogen) atoms. The van der Waals surface area contributed by atoms with E-state index in [9.17, 15) is 33.0 Å². The van der Waals surface area contributed by atoms with E-state index in [2.05, 4.69) is 10.1 Å². The van der Waals surface area contributed by atoms with Gasteiger partial charge in [-0.2, -0.15) is 0 Å². The number of halogens is 3. The van der Waals surface area contributed by atoms with E-state index in [-0.39, 0.29) is 34.8 Å². The second-order valence-electron chi connectivity index (χ2n) is 11.5. The number of aliphatic hydroxyl groups is 1. The lowest BCUT2D eigenvalue weighted by Crippen LogP contribution is -2.64. The van der Waals surface area contributed by atoms with Gasteiger partial charge >= 0.3 is 12.3 Å². The summed E-state index contributed by atoms with van der Waals surface area (Å²) >= 11 is 1.18. The van der Waals surface area contributed by atoms with Gasteiger partial charge in [-0.25, -0.2) is 4.79 Å². The normalized spacial score (nSPS) is 27.9. The monoisotopic (exact) mass is 575 g/mol. The largest absolute Gasteiger partial charge is 0.573 e. The zero-order valence-corrected chi connectivity index (χ0v) is 22.2. The second kappa shape index (κ2) is 9.66. The van der Waals surface area contributed by atoms with Crippen molar-refractivity contribution < 1.29 is 42.4 Å². The number of carbonyl (C=O) groups is 2. The number of ether oxygens (including phenoxy) is 2. The summed E-state index contributed by atoms with van der Waals surface area (Å²) in [6.07, 6.45) is -0.764. The van der Waals surface area contributed by atoms with Gasteiger partial charge in [0.05, 0.1) is 5.60 Å². The average molecular weight is 576 g/mol. The van der Waals surface area contributed by atoms with Crippen LogP contribution in [0.2, 0.25) is 0 Å². The zero-order chi connectivity index (χ0) is 28.3. The number of aliphatic carboxylic acids is 1. The first-order valence-electron chi connectivity index (χ1n) is 13.2. The quantitative estimate of drug-likeness (QED) is 0.309. The number of fused-ring (bicyclic) bond motifs is 1. The van der Waals surface area contributed by atoms with Crippen molar-refractivity contribution in [1.29, 1.82) is 0 Å². The molecule has 4 saturated carbocycles. The van der Waals surface area contributed by atoms with Gasteiger partial charge in [0, 0.05) is 15.5 Å². The van der Waals surface area contributed by atoms with Crippen LogP contribution in [0.1, 0.15) is 53.8 Å². The molecule has 0 spiro atoms. The summed E-state index contributed by atoms with van der Waals surface area (Å²) in [6.45, 7) is -0.0318. The Bertz CT molecular complexity index is 1440. The minimum Gasteiger partial charge on any atom is -0.487 e. The van der Waals surface area contributed by atoms with E-state index in [0.29, 0.717) is 43.1 Å². The number of nitrogens with one attached hydrogen (secondary N) is 1. The maximum absolute atomic E-state index is 13.7. The molecule has 1 heterocycles. The standard InChI is InChI=1S/C29H28F3NO6S/c30-29(31,32)39-19-7-5-16(6-8-19)14-38-22-20-3-1-2-4-21(20)40-23(22)25(34)33-24(26(35)36)27-10-17-9-18(11-27)13-28(37,12-17)15-27/h1-8,17-18,24,37H,9-15H2,(H,33,34)(H,35,36)/t17?,18?,24-,27?,28?/m1/s1. The van der Waals surface area contributed by atoms with Crippen molar-refractivity contribution >= 4 is 33.3 Å². The Hall–Kier alpha value is -3.31. The Morgan fingerprint density at radius 3 is 2.35 bits per heavy atom. The molecule has 11 heteroatoms. The molecule has 4 aliphatic carbocycles. The number of carbonyl (C=O) groups excluding carboxylic acids is 1. The number of thiophene rings is 1. The fourth-order valence-electron chi connectivity index (χ4n) is 7.55. The van der Waals surface area contributed by atoms with Gasteiger partial charge in [-0.3, -0.25) is 4.79 Å². The van der Waals surface area contributed by atoms with Gasteiger partial charge in [0.2, 0.25) is 0 Å². The number of rotatable bonds is 8. The smallest absolute Gasteiger partial charge is 0.487 e. The Kier molecular flexibility index (Phi) is 6.49. The molecule has 212 valence electrons. The maximum atomic E-state index is 13.7. The first-order chi connectivity index (χ1) is 18.9. The Labute approximate surface area is 231 Å². The highest BCUT2D eigenvalue weighted by atomic mass is 32.1. The molecule has 7 rings (SSSR count). The molecule has 1 amide bonds. The maximum Gasteiger partial charge on any atom is 0.573 e. The lowest BCUT2D eigenvalue weighted by Gasteiger charge is -2.61. The minimum absolute atomic E-state index is 0.0318. The van der Waals surface area contributed by atoms with E-state index >= 15 is 0 Å². The van der Waals surface area contributed by atoms with Crippen LogP contribution in [0, 0.1) is 17.3 Å². The highest BCUT2D eigenvalue weighted by Crippen LogP contribution is 2.63. The third kappa shape index (κ3) is 5.12. The summed E-state index contributed by atoms with van der Waals surface area (Å²) < 4.78 is 48.2. The summed E-state index contributed by atoms with van der Waals surface area (Å²) in [5, 5.41) is 24.9. The van der Waals surface area contributed by atoms with Gasteiger partial charge in [-0.15, -0.1) is 24.5 Å². The van der Waals surface area contributed by atoms with Crippen molar-refractivity contribution in [3.8, 4) is 11.5 Å². The average Bonchev–Trinajstić information content (AvgIpc) is 3.23. The highest BCUT2D eigenvalue weighted by Gasteiger charge is 2.61. The molecule has 2 unspecified atom stereocenters. The molecule has 0 aliphatic heterocycles. The van der Waals surface area contributed by atoms with Crippen molar-refractivity contribution in [2.45, 2.75) is 63.1 Å². The number of hydrogen-bond acceptors (Lipinski definition) is 6. The topological polar surface area (TPSA) is 105 Å². The number of benzene rings is 2. The van der Waals surface area contributed by atoms with Crippen LogP contribution in [0.4, 0.5) is 13.2 Å². The number of hydrogen-bond donors (Lipinski definition) is 3. The molecule has 0 radical (unpaired) electrons. The molecule has 3 atom stereocenters. The number of carboxylic acids is 1. The van der Waals surface area contributed by atoms with Gasteiger partial charge in [0.1, 0.15) is 23.3 Å². The molecular weight excluding hydrogens is 547 g/mol. The summed E-state index contributed by atoms with van der Waals surface area (Å²) in [5.41, 5.74) is -1.03. The summed E-state index contributed by atoms with van der Waals surface area (Å²) in [6, 6.07) is 11.3. The van der Waals surface area contributed by atoms with Crippen LogP contribution in [0.15, 0.2) is 48.5 Å². The van der Waals surface area contributed by atoms with Crippen molar-refractivity contribution in [1.82, 2.24) is 5.32 Å². The van der Waals surface area contributed by atoms with Gasteiger partial charge in [-0.05, 0) is 80.2 Å². The van der Waals surface area contributed by atoms with Crippen LogP contribution in [-0.2, 0) is 11.4 Å². The van der Waals surface area contributed by atoms with Crippen LogP contribution >= 0.6 is 11.3 Å². The van der Waals surface area contributed by atoms with Crippen LogP contribution in [0.3, 0.4) is 0 Å². The zero-order valence-electron chi connectivity index (χ0n) is 21.4. The first kappa shape index (κ1) is 26.9. The fourth-order valence-corrected chi connectivity index (χ4v) is 8.60. The number of alkyl halides is 3. The minimum atomic E-state index is -4.79. The van der Waals surface area contributed by atoms with Gasteiger partial charge in [0.15, 0.2) is 5.75 Å². The third-order valence-corrected chi connectivity index (χ3v) is 9.66. The molecule has 7 nitrogen and oxygen atoms in total. The van der Waals surface area contributed by atoms with E-state index in [4.69, 9.17) is 4.74 Å². The van der Waals surface area contributed by atoms with Gasteiger partial charge in [0.25, 0.3) is 5.91 Å². The van der Waals surface area contributed by atoms with Crippen LogP contribution < -0.4 is 14.8 Å². The lowest BCUT2D eigenvalue weighted by atomic mass is 9.46. The molecule has 4 bridgehead atoms. The van der Waals surface area contributed by atoms with Crippen molar-refractivity contribution in [2.24, 2.45) is 17.3 Å². The van der Waals surface area contributed by atoms with Crippen LogP contribution in [0.5, 0.6) is 11.5 Å². The fraction of sp³-hybridized carbons (Fsp3) is 0.448. The SMILES string of the molecule is O=C(N[C@H](C(=O)O)C12CC3CC(CC(O)(C3)C1)C2)c1sc2ccccc2c1OCc1ccc(OC(F)(F)F)cc1. The van der Waals surface area contributed by atoms with Gasteiger partial charge < -0.3 is 25.0 Å². The Morgan fingerprint density at radius 1 is 1.05 bits per heavy atom. The summed E-state index contributed by atoms with van der Waals surface area (Å²) in [5.74, 6) is -1.26. The third-order valence-electron chi connectivity index (χ3n) is 8.51. The van der Waals surface area contributed by atoms with E-state index in [0.717, 1.165) is 11.1 Å². The molecule has 3 aromatic rings. The highest BCUT2D eigenvalue weighted by molar-refractivity contribution is 7.21. The van der Waals surface area contributed by atoms with Crippen molar-refractivity contribution in [3.05, 3.63) is 59.0 Å². The van der Waals surface area contributed by atoms with Crippen LogP contribution in [0.25, 0.3) is 10.1 Å². The van der Waals surface area contributed by atoms with Crippen molar-refractivity contribution in [2.75, 3.05) is 0 Å². The number of carboxylic acid groups (broad SMARTS) is 1. The molecule has 1 aromatic heterocycles.